The van der Waals surface area contributed by atoms with Gasteiger partial charge in [0.15, 0.2) is 11.3 Å². The van der Waals surface area contributed by atoms with Crippen LogP contribution in [0.15, 0.2) is 42.6 Å². The Balaban J connectivity index is 1.37. The zero-order chi connectivity index (χ0) is 34.3. The van der Waals surface area contributed by atoms with E-state index in [4.69, 9.17) is 4.74 Å². The minimum atomic E-state index is -6.01. The molecule has 12 nitrogen and oxygen atoms in total. The predicted octanol–water partition coefficient (Wildman–Crippen LogP) is 4.81. The van der Waals surface area contributed by atoms with Gasteiger partial charge in [-0.15, -0.1) is 0 Å². The standard InChI is InChI=1S/C29H28F6N8O4/c1-4-47-27(46)41-11-9-40(10-12-41)26(45)17(3)42-15-22(16(2)38-42)37-25(44)21-14-24-36-20(18-5-7-19(30)8-6-18)13-23(43(24)39-21)28(31,32)29(33,34)35/h5-8,13-15,17H,4,9-12H2,1-3H3,(H,37,44). The van der Waals surface area contributed by atoms with Gasteiger partial charge in [-0.2, -0.15) is 32.1 Å². The molecule has 3 amide bonds. The van der Waals surface area contributed by atoms with E-state index in [0.717, 1.165) is 30.3 Å². The van der Waals surface area contributed by atoms with Crippen molar-refractivity contribution in [2.45, 2.75) is 38.9 Å². The number of nitrogens with zero attached hydrogens (tertiary/aromatic N) is 7. The monoisotopic (exact) mass is 666 g/mol. The lowest BCUT2D eigenvalue weighted by atomic mass is 10.1. The molecule has 250 valence electrons. The van der Waals surface area contributed by atoms with Gasteiger partial charge in [0, 0.05) is 44.0 Å². The van der Waals surface area contributed by atoms with Crippen LogP contribution in [0.2, 0.25) is 0 Å². The zero-order valence-electron chi connectivity index (χ0n) is 25.2. The maximum Gasteiger partial charge on any atom is 0.459 e. The summed E-state index contributed by atoms with van der Waals surface area (Å²) in [5.74, 6) is -7.33. The quantitative estimate of drug-likeness (QED) is 0.281. The zero-order valence-corrected chi connectivity index (χ0v) is 25.2. The Labute approximate surface area is 262 Å². The molecule has 1 aliphatic rings. The van der Waals surface area contributed by atoms with E-state index in [9.17, 15) is 40.7 Å². The molecule has 1 aromatic carbocycles. The number of carbonyl (C=O) groups is 3. The minimum absolute atomic E-state index is 0.0490. The number of amides is 3. The second-order valence-corrected chi connectivity index (χ2v) is 10.7. The number of piperazine rings is 1. The highest BCUT2D eigenvalue weighted by Gasteiger charge is 2.60. The Bertz CT molecular complexity index is 1810. The van der Waals surface area contributed by atoms with Crippen molar-refractivity contribution in [2.75, 3.05) is 38.1 Å². The van der Waals surface area contributed by atoms with Crippen molar-refractivity contribution in [3.63, 3.8) is 0 Å². The van der Waals surface area contributed by atoms with Gasteiger partial charge in [0.05, 0.1) is 23.7 Å². The molecule has 18 heteroatoms. The molecule has 0 aliphatic carbocycles. The molecule has 1 unspecified atom stereocenters. The largest absolute Gasteiger partial charge is 0.459 e. The Morgan fingerprint density at radius 3 is 2.23 bits per heavy atom. The van der Waals surface area contributed by atoms with Crippen LogP contribution in [0.1, 0.15) is 41.8 Å². The number of alkyl halides is 5. The molecule has 4 heterocycles. The summed E-state index contributed by atoms with van der Waals surface area (Å²) in [7, 11) is 0. The van der Waals surface area contributed by atoms with E-state index in [1.165, 1.54) is 22.7 Å². The molecule has 1 fully saturated rings. The van der Waals surface area contributed by atoms with Gasteiger partial charge in [-0.25, -0.2) is 18.7 Å². The summed E-state index contributed by atoms with van der Waals surface area (Å²) in [4.78, 5) is 45.4. The molecule has 0 spiro atoms. The summed E-state index contributed by atoms with van der Waals surface area (Å²) in [5.41, 5.74) is -2.52. The Morgan fingerprint density at radius 1 is 0.979 bits per heavy atom. The predicted molar refractivity (Wildman–Crippen MR) is 153 cm³/mol. The molecule has 1 N–H and O–H groups in total. The van der Waals surface area contributed by atoms with Gasteiger partial charge >= 0.3 is 18.2 Å². The van der Waals surface area contributed by atoms with E-state index < -0.39 is 53.0 Å². The second kappa shape index (κ2) is 12.6. The van der Waals surface area contributed by atoms with Crippen molar-refractivity contribution in [2.24, 2.45) is 0 Å². The number of hydrogen-bond acceptors (Lipinski definition) is 7. The molecule has 5 rings (SSSR count). The van der Waals surface area contributed by atoms with E-state index in [-0.39, 0.29) is 65.8 Å². The molecule has 3 aromatic heterocycles. The van der Waals surface area contributed by atoms with Crippen LogP contribution in [0.25, 0.3) is 16.9 Å². The lowest BCUT2D eigenvalue weighted by molar-refractivity contribution is -0.291. The van der Waals surface area contributed by atoms with Crippen LogP contribution in [0.5, 0.6) is 0 Å². The van der Waals surface area contributed by atoms with Crippen molar-refractivity contribution in [1.29, 1.82) is 0 Å². The van der Waals surface area contributed by atoms with E-state index in [1.807, 2.05) is 0 Å². The van der Waals surface area contributed by atoms with Gasteiger partial charge < -0.3 is 19.9 Å². The average molecular weight is 667 g/mol. The van der Waals surface area contributed by atoms with Gasteiger partial charge in [0.1, 0.15) is 17.6 Å². The third-order valence-electron chi connectivity index (χ3n) is 7.51. The summed E-state index contributed by atoms with van der Waals surface area (Å²) >= 11 is 0. The maximum absolute atomic E-state index is 14.7. The highest BCUT2D eigenvalue weighted by molar-refractivity contribution is 6.03. The summed E-state index contributed by atoms with van der Waals surface area (Å²) in [6.45, 7) is 6.15. The molecule has 4 aromatic rings. The minimum Gasteiger partial charge on any atom is -0.450 e. The number of hydrogen-bond donors (Lipinski definition) is 1. The SMILES string of the molecule is CCOC(=O)N1CCN(C(=O)C(C)n2cc(NC(=O)c3cc4nc(-c5ccc(F)cc5)cc(C(F)(F)C(F)(F)F)n4n3)c(C)n2)CC1. The van der Waals surface area contributed by atoms with Gasteiger partial charge in [0.2, 0.25) is 5.91 Å². The van der Waals surface area contributed by atoms with Crippen LogP contribution in [-0.2, 0) is 15.5 Å². The normalized spacial score (nSPS) is 14.7. The number of anilines is 1. The number of nitrogens with one attached hydrogen (secondary N) is 1. The van der Waals surface area contributed by atoms with Crippen molar-refractivity contribution < 1.29 is 45.5 Å². The van der Waals surface area contributed by atoms with Crippen LogP contribution >= 0.6 is 0 Å². The molecular weight excluding hydrogens is 638 g/mol. The molecule has 0 bridgehead atoms. The smallest absolute Gasteiger partial charge is 0.450 e. The second-order valence-electron chi connectivity index (χ2n) is 10.7. The molecule has 47 heavy (non-hydrogen) atoms. The van der Waals surface area contributed by atoms with Crippen LogP contribution in [-0.4, -0.2) is 91.0 Å². The Kier molecular flexibility index (Phi) is 8.87. The number of benzene rings is 1. The fourth-order valence-electron chi connectivity index (χ4n) is 4.91. The summed E-state index contributed by atoms with van der Waals surface area (Å²) in [6.07, 6.45) is -5.10. The maximum atomic E-state index is 14.7. The van der Waals surface area contributed by atoms with Crippen LogP contribution in [0, 0.1) is 12.7 Å². The summed E-state index contributed by atoms with van der Waals surface area (Å²) in [5, 5.41) is 10.5. The molecule has 1 saturated heterocycles. The summed E-state index contributed by atoms with van der Waals surface area (Å²) in [6, 6.07) is 4.88. The molecule has 0 radical (unpaired) electrons. The number of carbonyl (C=O) groups excluding carboxylic acids is 3. The lowest BCUT2D eigenvalue weighted by Crippen LogP contribution is -2.52. The van der Waals surface area contributed by atoms with Crippen molar-refractivity contribution in [3.8, 4) is 11.3 Å². The highest BCUT2D eigenvalue weighted by Crippen LogP contribution is 2.44. The van der Waals surface area contributed by atoms with Gasteiger partial charge in [-0.3, -0.25) is 14.3 Å². The third kappa shape index (κ3) is 6.57. The van der Waals surface area contributed by atoms with E-state index >= 15 is 0 Å². The van der Waals surface area contributed by atoms with E-state index in [1.54, 1.807) is 18.7 Å². The molecular formula is C29H28F6N8O4. The Hall–Kier alpha value is -5.16. The number of rotatable bonds is 7. The van der Waals surface area contributed by atoms with Crippen LogP contribution < -0.4 is 5.32 Å². The molecule has 1 atom stereocenters. The van der Waals surface area contributed by atoms with Crippen molar-refractivity contribution in [1.82, 2.24) is 34.2 Å². The first-order valence-corrected chi connectivity index (χ1v) is 14.3. The van der Waals surface area contributed by atoms with Crippen LogP contribution in [0.4, 0.5) is 36.8 Å². The molecule has 1 aliphatic heterocycles. The van der Waals surface area contributed by atoms with Gasteiger partial charge in [-0.05, 0) is 51.1 Å². The first-order chi connectivity index (χ1) is 22.1. The lowest BCUT2D eigenvalue weighted by Gasteiger charge is -2.35. The third-order valence-corrected chi connectivity index (χ3v) is 7.51. The number of halogens is 6. The fraction of sp³-hybridized carbons (Fsp3) is 0.379. The summed E-state index contributed by atoms with van der Waals surface area (Å²) < 4.78 is 89.7. The van der Waals surface area contributed by atoms with Crippen molar-refractivity contribution >= 4 is 29.2 Å². The average Bonchev–Trinajstić information content (AvgIpc) is 3.63. The highest BCUT2D eigenvalue weighted by atomic mass is 19.4. The topological polar surface area (TPSA) is 127 Å². The van der Waals surface area contributed by atoms with E-state index in [2.05, 4.69) is 20.5 Å². The number of ether oxygens (including phenoxy) is 1. The Morgan fingerprint density at radius 2 is 1.62 bits per heavy atom. The van der Waals surface area contributed by atoms with Crippen LogP contribution in [0.3, 0.4) is 0 Å². The number of fused-ring (bicyclic) bond motifs is 1. The fourth-order valence-corrected chi connectivity index (χ4v) is 4.91. The van der Waals surface area contributed by atoms with Crippen molar-refractivity contribution in [3.05, 3.63) is 65.5 Å². The number of aromatic nitrogens is 5. The van der Waals surface area contributed by atoms with Gasteiger partial charge in [0.25, 0.3) is 5.91 Å². The molecule has 0 saturated carbocycles. The van der Waals surface area contributed by atoms with E-state index in [0.29, 0.717) is 6.07 Å². The van der Waals surface area contributed by atoms with Gasteiger partial charge in [-0.1, -0.05) is 0 Å². The first kappa shape index (κ1) is 33.2. The number of aryl methyl sites for hydroxylation is 1. The first-order valence-electron chi connectivity index (χ1n) is 14.3.